The quantitative estimate of drug-likeness (QED) is 0.690. The maximum atomic E-state index is 5.47. The maximum absolute atomic E-state index is 5.47. The summed E-state index contributed by atoms with van der Waals surface area (Å²) in [7, 11) is 3.40. The van der Waals surface area contributed by atoms with Crippen LogP contribution in [0.15, 0.2) is 28.8 Å². The number of benzene rings is 1. The highest BCUT2D eigenvalue weighted by atomic mass is 16.5. The number of nitrogens with zero attached hydrogens (tertiary/aromatic N) is 4. The van der Waals surface area contributed by atoms with Crippen LogP contribution in [0.3, 0.4) is 0 Å². The monoisotopic (exact) mass is 386 g/mol. The van der Waals surface area contributed by atoms with E-state index in [2.05, 4.69) is 32.1 Å². The van der Waals surface area contributed by atoms with Gasteiger partial charge in [0.2, 0.25) is 5.89 Å². The highest BCUT2D eigenvalue weighted by Crippen LogP contribution is 2.30. The first-order valence-electron chi connectivity index (χ1n) is 10.1. The minimum atomic E-state index is 0.548. The third-order valence-electron chi connectivity index (χ3n) is 5.85. The van der Waals surface area contributed by atoms with E-state index < -0.39 is 0 Å². The third kappa shape index (κ3) is 4.71. The van der Waals surface area contributed by atoms with Gasteiger partial charge in [-0.2, -0.15) is 4.98 Å². The van der Waals surface area contributed by atoms with E-state index in [0.717, 1.165) is 50.2 Å². The van der Waals surface area contributed by atoms with Crippen molar-refractivity contribution in [3.05, 3.63) is 41.5 Å². The molecule has 1 aromatic carbocycles. The largest absolute Gasteiger partial charge is 0.497 e. The minimum Gasteiger partial charge on any atom is -0.497 e. The van der Waals surface area contributed by atoms with E-state index in [0.29, 0.717) is 25.0 Å². The van der Waals surface area contributed by atoms with Crippen LogP contribution in [0.25, 0.3) is 0 Å². The van der Waals surface area contributed by atoms with E-state index in [1.807, 2.05) is 12.1 Å². The van der Waals surface area contributed by atoms with Gasteiger partial charge in [-0.3, -0.25) is 9.80 Å². The van der Waals surface area contributed by atoms with Gasteiger partial charge in [0.15, 0.2) is 5.82 Å². The van der Waals surface area contributed by atoms with E-state index in [9.17, 15) is 0 Å². The predicted octanol–water partition coefficient (Wildman–Crippen LogP) is 2.36. The lowest BCUT2D eigenvalue weighted by atomic mass is 9.95. The van der Waals surface area contributed by atoms with Crippen molar-refractivity contribution in [2.24, 2.45) is 5.92 Å². The zero-order valence-electron chi connectivity index (χ0n) is 16.8. The first-order chi connectivity index (χ1) is 13.7. The first kappa shape index (κ1) is 19.4. The Hall–Kier alpha value is -1.96. The Bertz CT molecular complexity index is 748. The van der Waals surface area contributed by atoms with E-state index >= 15 is 0 Å². The Morgan fingerprint density at radius 3 is 2.71 bits per heavy atom. The van der Waals surface area contributed by atoms with Gasteiger partial charge in [0.05, 0.1) is 20.3 Å². The highest BCUT2D eigenvalue weighted by molar-refractivity contribution is 5.27. The minimum absolute atomic E-state index is 0.548. The van der Waals surface area contributed by atoms with Crippen molar-refractivity contribution in [3.8, 4) is 5.75 Å². The molecular formula is C21H30N4O3. The Kier molecular flexibility index (Phi) is 6.24. The first-order valence-corrected chi connectivity index (χ1v) is 10.1. The third-order valence-corrected chi connectivity index (χ3v) is 5.85. The molecule has 0 N–H and O–H groups in total. The summed E-state index contributed by atoms with van der Waals surface area (Å²) in [4.78, 5) is 9.67. The lowest BCUT2D eigenvalue weighted by Crippen LogP contribution is -2.43. The van der Waals surface area contributed by atoms with Crippen molar-refractivity contribution in [1.82, 2.24) is 19.9 Å². The summed E-state index contributed by atoms with van der Waals surface area (Å²) >= 11 is 0. The van der Waals surface area contributed by atoms with E-state index in [4.69, 9.17) is 14.0 Å². The second-order valence-electron chi connectivity index (χ2n) is 7.92. The standard InChI is InChI=1S/C21H30N4O3/c1-26-10-9-20-22-21(28-23-20)15-25-13-17-3-6-18(25)14-24(12-17)11-16-4-7-19(27-2)8-5-16/h4-5,7-8,17-18H,3,6,9-15H2,1-2H3/t17-,18+/m0/s1. The van der Waals surface area contributed by atoms with Gasteiger partial charge in [-0.05, 0) is 36.5 Å². The number of hydrogen-bond donors (Lipinski definition) is 0. The van der Waals surface area contributed by atoms with Crippen LogP contribution in [0.2, 0.25) is 0 Å². The van der Waals surface area contributed by atoms with Crippen molar-refractivity contribution in [2.45, 2.75) is 38.4 Å². The summed E-state index contributed by atoms with van der Waals surface area (Å²) in [6, 6.07) is 8.98. The number of methoxy groups -OCH3 is 2. The van der Waals surface area contributed by atoms with E-state index in [1.54, 1.807) is 14.2 Å². The molecule has 0 saturated carbocycles. The second kappa shape index (κ2) is 9.03. The molecule has 2 aromatic rings. The molecule has 0 radical (unpaired) electrons. The van der Waals surface area contributed by atoms with Crippen LogP contribution >= 0.6 is 0 Å². The molecule has 3 fully saturated rings. The molecule has 1 aromatic heterocycles. The summed E-state index contributed by atoms with van der Waals surface area (Å²) in [5.74, 6) is 3.07. The molecule has 3 saturated heterocycles. The van der Waals surface area contributed by atoms with Gasteiger partial charge in [-0.25, -0.2) is 0 Å². The van der Waals surface area contributed by atoms with Crippen LogP contribution in [0.1, 0.15) is 30.1 Å². The van der Waals surface area contributed by atoms with Gasteiger partial charge in [0, 0.05) is 45.8 Å². The average molecular weight is 386 g/mol. The molecule has 3 aliphatic heterocycles. The van der Waals surface area contributed by atoms with E-state index in [1.165, 1.54) is 18.4 Å². The molecule has 7 heteroatoms. The number of hydrogen-bond acceptors (Lipinski definition) is 7. The number of piperidine rings is 1. The number of rotatable bonds is 8. The van der Waals surface area contributed by atoms with Gasteiger partial charge >= 0.3 is 0 Å². The Balaban J connectivity index is 1.36. The molecule has 0 unspecified atom stereocenters. The van der Waals surface area contributed by atoms with Crippen LogP contribution in [0.5, 0.6) is 5.75 Å². The smallest absolute Gasteiger partial charge is 0.240 e. The predicted molar refractivity (Wildman–Crippen MR) is 105 cm³/mol. The molecule has 2 bridgehead atoms. The Morgan fingerprint density at radius 2 is 1.93 bits per heavy atom. The maximum Gasteiger partial charge on any atom is 0.240 e. The molecule has 0 spiro atoms. The summed E-state index contributed by atoms with van der Waals surface area (Å²) in [6.45, 7) is 5.71. The topological polar surface area (TPSA) is 63.9 Å². The summed E-state index contributed by atoms with van der Waals surface area (Å²) in [6.07, 6.45) is 3.25. The van der Waals surface area contributed by atoms with Crippen LogP contribution in [-0.2, 0) is 24.2 Å². The molecule has 28 heavy (non-hydrogen) atoms. The van der Waals surface area contributed by atoms with Crippen molar-refractivity contribution < 1.29 is 14.0 Å². The zero-order chi connectivity index (χ0) is 19.3. The van der Waals surface area contributed by atoms with Gasteiger partial charge in [-0.1, -0.05) is 17.3 Å². The second-order valence-corrected chi connectivity index (χ2v) is 7.92. The molecule has 3 aliphatic rings. The zero-order valence-corrected chi connectivity index (χ0v) is 16.8. The normalized spacial score (nSPS) is 23.1. The van der Waals surface area contributed by atoms with Crippen molar-refractivity contribution >= 4 is 0 Å². The number of fused-ring (bicyclic) bond motifs is 4. The van der Waals surface area contributed by atoms with Gasteiger partial charge in [0.25, 0.3) is 0 Å². The van der Waals surface area contributed by atoms with E-state index in [-0.39, 0.29) is 0 Å². The lowest BCUT2D eigenvalue weighted by molar-refractivity contribution is 0.109. The summed E-state index contributed by atoms with van der Waals surface area (Å²) in [5, 5.41) is 4.08. The van der Waals surface area contributed by atoms with Gasteiger partial charge in [-0.15, -0.1) is 0 Å². The highest BCUT2D eigenvalue weighted by Gasteiger charge is 2.35. The fraction of sp³-hybridized carbons (Fsp3) is 0.619. The fourth-order valence-corrected chi connectivity index (χ4v) is 4.41. The molecule has 0 amide bonds. The van der Waals surface area contributed by atoms with Crippen LogP contribution in [0, 0.1) is 5.92 Å². The van der Waals surface area contributed by atoms with Crippen LogP contribution < -0.4 is 4.74 Å². The van der Waals surface area contributed by atoms with Gasteiger partial charge in [0.1, 0.15) is 5.75 Å². The Morgan fingerprint density at radius 1 is 1.07 bits per heavy atom. The summed E-state index contributed by atoms with van der Waals surface area (Å²) < 4.78 is 15.8. The van der Waals surface area contributed by atoms with Crippen molar-refractivity contribution in [3.63, 3.8) is 0 Å². The molecule has 2 atom stereocenters. The molecular weight excluding hydrogens is 356 g/mol. The fourth-order valence-electron chi connectivity index (χ4n) is 4.41. The molecule has 7 nitrogen and oxygen atoms in total. The molecule has 0 aliphatic carbocycles. The summed E-state index contributed by atoms with van der Waals surface area (Å²) in [5.41, 5.74) is 1.34. The SMILES string of the molecule is COCCc1noc(CN2C[C@H]3CC[C@@H]2CN(Cc2ccc(OC)cc2)C3)n1. The van der Waals surface area contributed by atoms with Crippen LogP contribution in [-0.4, -0.2) is 66.4 Å². The average Bonchev–Trinajstić information content (AvgIpc) is 2.98. The lowest BCUT2D eigenvalue weighted by Gasteiger charge is -2.35. The molecule has 4 heterocycles. The van der Waals surface area contributed by atoms with Crippen LogP contribution in [0.4, 0.5) is 0 Å². The van der Waals surface area contributed by atoms with Crippen molar-refractivity contribution in [2.75, 3.05) is 40.5 Å². The molecule has 5 rings (SSSR count). The Labute approximate surface area is 166 Å². The van der Waals surface area contributed by atoms with Gasteiger partial charge < -0.3 is 14.0 Å². The van der Waals surface area contributed by atoms with Crippen molar-refractivity contribution in [1.29, 1.82) is 0 Å². The molecule has 152 valence electrons. The number of ether oxygens (including phenoxy) is 2. The number of aromatic nitrogens is 2.